The molecule has 1 aliphatic heterocycles. The van der Waals surface area contributed by atoms with E-state index in [1.54, 1.807) is 4.90 Å². The van der Waals surface area contributed by atoms with Crippen LogP contribution in [0.1, 0.15) is 18.4 Å². The number of methoxy groups -OCH3 is 1. The molecule has 0 aliphatic carbocycles. The highest BCUT2D eigenvalue weighted by molar-refractivity contribution is 5.82. The summed E-state index contributed by atoms with van der Waals surface area (Å²) >= 11 is 0. The van der Waals surface area contributed by atoms with Gasteiger partial charge >= 0.3 is 12.3 Å². The maximum Gasteiger partial charge on any atom is 0.416 e. The second-order valence-electron chi connectivity index (χ2n) is 5.57. The number of ether oxygens (including phenoxy) is 2. The van der Waals surface area contributed by atoms with Crippen LogP contribution in [0.4, 0.5) is 18.0 Å². The number of alkyl halides is 3. The highest BCUT2D eigenvalue weighted by Gasteiger charge is 2.31. The van der Waals surface area contributed by atoms with Crippen molar-refractivity contribution in [3.8, 4) is 5.75 Å². The van der Waals surface area contributed by atoms with Crippen molar-refractivity contribution in [2.24, 2.45) is 0 Å². The minimum atomic E-state index is -4.41. The number of carbonyl (C=O) groups excluding carboxylic acids is 2. The Bertz CT molecular complexity index is 614. The number of halogens is 3. The number of benzene rings is 1. The highest BCUT2D eigenvalue weighted by atomic mass is 19.4. The molecule has 25 heavy (non-hydrogen) atoms. The van der Waals surface area contributed by atoms with Crippen molar-refractivity contribution in [2.75, 3.05) is 26.7 Å². The van der Waals surface area contributed by atoms with Gasteiger partial charge in [0.25, 0.3) is 0 Å². The summed E-state index contributed by atoms with van der Waals surface area (Å²) in [4.78, 5) is 24.4. The Morgan fingerprint density at radius 3 is 2.56 bits per heavy atom. The molecular weight excluding hydrogens is 341 g/mol. The Hall–Kier alpha value is -2.45. The van der Waals surface area contributed by atoms with Crippen LogP contribution in [0.3, 0.4) is 0 Å². The molecule has 1 aromatic rings. The van der Waals surface area contributed by atoms with E-state index >= 15 is 0 Å². The summed E-state index contributed by atoms with van der Waals surface area (Å²) < 4.78 is 48.1. The Morgan fingerprint density at radius 2 is 1.96 bits per heavy atom. The molecular formula is C16H19F3N2O4. The van der Waals surface area contributed by atoms with Gasteiger partial charge in [0.15, 0.2) is 0 Å². The number of amides is 2. The van der Waals surface area contributed by atoms with Gasteiger partial charge in [-0.2, -0.15) is 13.2 Å². The summed E-state index contributed by atoms with van der Waals surface area (Å²) in [7, 11) is 1.20. The molecule has 0 aromatic heterocycles. The minimum Gasteiger partial charge on any atom is -0.490 e. The fourth-order valence-corrected chi connectivity index (χ4v) is 2.49. The SMILES string of the molecule is COC(=O)NCC(=O)N1CCC(Oc2cccc(C(F)(F)F)c2)CC1. The molecule has 0 unspecified atom stereocenters. The molecule has 0 atom stereocenters. The number of carbonyl (C=O) groups is 2. The molecule has 138 valence electrons. The maximum absolute atomic E-state index is 12.7. The Balaban J connectivity index is 1.82. The largest absolute Gasteiger partial charge is 0.490 e. The molecule has 1 saturated heterocycles. The molecule has 2 rings (SSSR count). The molecule has 2 amide bonds. The molecule has 0 bridgehead atoms. The number of likely N-dealkylation sites (tertiary alicyclic amines) is 1. The number of nitrogens with zero attached hydrogens (tertiary/aromatic N) is 1. The fourth-order valence-electron chi connectivity index (χ4n) is 2.49. The monoisotopic (exact) mass is 360 g/mol. The van der Waals surface area contributed by atoms with Crippen LogP contribution in [0.15, 0.2) is 24.3 Å². The third-order valence-electron chi connectivity index (χ3n) is 3.83. The zero-order chi connectivity index (χ0) is 18.4. The topological polar surface area (TPSA) is 67.9 Å². The van der Waals surface area contributed by atoms with E-state index in [0.29, 0.717) is 25.9 Å². The van der Waals surface area contributed by atoms with Gasteiger partial charge < -0.3 is 19.7 Å². The van der Waals surface area contributed by atoms with E-state index in [9.17, 15) is 22.8 Å². The number of rotatable bonds is 4. The molecule has 0 saturated carbocycles. The van der Waals surface area contributed by atoms with Gasteiger partial charge in [0.1, 0.15) is 18.4 Å². The summed E-state index contributed by atoms with van der Waals surface area (Å²) in [6.45, 7) is 0.655. The summed E-state index contributed by atoms with van der Waals surface area (Å²) in [6, 6.07) is 4.74. The summed E-state index contributed by atoms with van der Waals surface area (Å²) in [5.41, 5.74) is -0.758. The van der Waals surface area contributed by atoms with Gasteiger partial charge in [0, 0.05) is 25.9 Å². The first kappa shape index (κ1) is 18.9. The molecule has 1 aromatic carbocycles. The lowest BCUT2D eigenvalue weighted by atomic mass is 10.1. The van der Waals surface area contributed by atoms with E-state index in [2.05, 4.69) is 10.1 Å². The molecule has 1 N–H and O–H groups in total. The summed E-state index contributed by atoms with van der Waals surface area (Å²) in [6.07, 6.45) is -4.36. The Morgan fingerprint density at radius 1 is 1.28 bits per heavy atom. The number of alkyl carbamates (subject to hydrolysis) is 1. The zero-order valence-corrected chi connectivity index (χ0v) is 13.6. The van der Waals surface area contributed by atoms with Crippen LogP contribution in [0, 0.1) is 0 Å². The molecule has 1 fully saturated rings. The molecule has 0 radical (unpaired) electrons. The maximum atomic E-state index is 12.7. The van der Waals surface area contributed by atoms with Gasteiger partial charge in [-0.25, -0.2) is 4.79 Å². The smallest absolute Gasteiger partial charge is 0.416 e. The first-order valence-corrected chi connectivity index (χ1v) is 7.73. The molecule has 0 spiro atoms. The van der Waals surface area contributed by atoms with Crippen LogP contribution in [-0.4, -0.2) is 49.7 Å². The normalized spacial score (nSPS) is 15.6. The second kappa shape index (κ2) is 8.09. The minimum absolute atomic E-state index is 0.159. The van der Waals surface area contributed by atoms with Gasteiger partial charge in [0.2, 0.25) is 5.91 Å². The quantitative estimate of drug-likeness (QED) is 0.896. The van der Waals surface area contributed by atoms with Crippen molar-refractivity contribution in [2.45, 2.75) is 25.1 Å². The number of hydrogen-bond acceptors (Lipinski definition) is 4. The summed E-state index contributed by atoms with van der Waals surface area (Å²) in [5.74, 6) is -0.0881. The van der Waals surface area contributed by atoms with Crippen LogP contribution in [0.2, 0.25) is 0 Å². The van der Waals surface area contributed by atoms with E-state index in [1.165, 1.54) is 19.2 Å². The van der Waals surface area contributed by atoms with Crippen LogP contribution >= 0.6 is 0 Å². The van der Waals surface area contributed by atoms with Crippen LogP contribution in [0.25, 0.3) is 0 Å². The van der Waals surface area contributed by atoms with Crippen molar-refractivity contribution in [1.29, 1.82) is 0 Å². The lowest BCUT2D eigenvalue weighted by Gasteiger charge is -2.32. The van der Waals surface area contributed by atoms with E-state index in [1.807, 2.05) is 0 Å². The highest BCUT2D eigenvalue weighted by Crippen LogP contribution is 2.32. The average molecular weight is 360 g/mol. The molecule has 1 aliphatic rings. The van der Waals surface area contributed by atoms with Crippen molar-refractivity contribution < 1.29 is 32.2 Å². The Labute approximate surface area is 142 Å². The van der Waals surface area contributed by atoms with Crippen LogP contribution in [-0.2, 0) is 15.7 Å². The lowest BCUT2D eigenvalue weighted by molar-refractivity contribution is -0.138. The zero-order valence-electron chi connectivity index (χ0n) is 13.6. The van der Waals surface area contributed by atoms with Crippen molar-refractivity contribution in [1.82, 2.24) is 10.2 Å². The second-order valence-corrected chi connectivity index (χ2v) is 5.57. The predicted octanol–water partition coefficient (Wildman–Crippen LogP) is 2.43. The van der Waals surface area contributed by atoms with Gasteiger partial charge in [0.05, 0.1) is 12.7 Å². The van der Waals surface area contributed by atoms with E-state index < -0.39 is 17.8 Å². The van der Waals surface area contributed by atoms with Crippen LogP contribution < -0.4 is 10.1 Å². The predicted molar refractivity (Wildman–Crippen MR) is 82.1 cm³/mol. The van der Waals surface area contributed by atoms with Crippen LogP contribution in [0.5, 0.6) is 5.75 Å². The van der Waals surface area contributed by atoms with E-state index in [4.69, 9.17) is 4.74 Å². The number of nitrogens with one attached hydrogen (secondary N) is 1. The van der Waals surface area contributed by atoms with Crippen molar-refractivity contribution in [3.63, 3.8) is 0 Å². The standard InChI is InChI=1S/C16H19F3N2O4/c1-24-15(23)20-10-14(22)21-7-5-12(6-8-21)25-13-4-2-3-11(9-13)16(17,18)19/h2-4,9,12H,5-8,10H2,1H3,(H,20,23). The van der Waals surface area contributed by atoms with Gasteiger partial charge in [-0.05, 0) is 18.2 Å². The van der Waals surface area contributed by atoms with Crippen molar-refractivity contribution >= 4 is 12.0 Å². The summed E-state index contributed by atoms with van der Waals surface area (Å²) in [5, 5.41) is 2.31. The first-order chi connectivity index (χ1) is 11.8. The van der Waals surface area contributed by atoms with Gasteiger partial charge in [-0.1, -0.05) is 6.07 Å². The van der Waals surface area contributed by atoms with Gasteiger partial charge in [-0.15, -0.1) is 0 Å². The van der Waals surface area contributed by atoms with Gasteiger partial charge in [-0.3, -0.25) is 4.79 Å². The van der Waals surface area contributed by atoms with Crippen molar-refractivity contribution in [3.05, 3.63) is 29.8 Å². The average Bonchev–Trinajstić information content (AvgIpc) is 2.59. The third kappa shape index (κ3) is 5.54. The molecule has 9 heteroatoms. The lowest BCUT2D eigenvalue weighted by Crippen LogP contribution is -2.46. The Kier molecular flexibility index (Phi) is 6.11. The third-order valence-corrected chi connectivity index (χ3v) is 3.83. The molecule has 1 heterocycles. The fraction of sp³-hybridized carbons (Fsp3) is 0.500. The van der Waals surface area contributed by atoms with E-state index in [-0.39, 0.29) is 24.3 Å². The number of piperidine rings is 1. The molecule has 6 nitrogen and oxygen atoms in total. The number of hydrogen-bond donors (Lipinski definition) is 1. The first-order valence-electron chi connectivity index (χ1n) is 7.73. The van der Waals surface area contributed by atoms with E-state index in [0.717, 1.165) is 12.1 Å².